The minimum Gasteiger partial charge on any atom is -0.361 e. The van der Waals surface area contributed by atoms with Crippen LogP contribution in [0, 0.1) is 0 Å². The summed E-state index contributed by atoms with van der Waals surface area (Å²) in [5, 5.41) is 2.84. The van der Waals surface area contributed by atoms with Crippen LogP contribution in [-0.2, 0) is 9.53 Å². The van der Waals surface area contributed by atoms with Crippen LogP contribution in [0.15, 0.2) is 30.3 Å². The van der Waals surface area contributed by atoms with Crippen LogP contribution in [-0.4, -0.2) is 18.1 Å². The van der Waals surface area contributed by atoms with Crippen molar-refractivity contribution < 1.29 is 9.53 Å². The smallest absolute Gasteiger partial charge is 0.225 e. The van der Waals surface area contributed by atoms with Gasteiger partial charge in [-0.3, -0.25) is 10.1 Å². The minimum absolute atomic E-state index is 0.159. The Balaban J connectivity index is 1.96. The van der Waals surface area contributed by atoms with Crippen molar-refractivity contribution >= 4 is 16.8 Å². The van der Waals surface area contributed by atoms with Gasteiger partial charge < -0.3 is 4.74 Å². The Morgan fingerprint density at radius 1 is 1.47 bits per heavy atom. The van der Waals surface area contributed by atoms with Gasteiger partial charge in [0.15, 0.2) is 0 Å². The van der Waals surface area contributed by atoms with Crippen LogP contribution < -0.4 is 5.32 Å². The Morgan fingerprint density at radius 2 is 2.20 bits per heavy atom. The molecule has 1 heterocycles. The monoisotopic (exact) mass is 225 g/mol. The molecule has 0 saturated carbocycles. The largest absolute Gasteiger partial charge is 0.361 e. The molecule has 1 saturated heterocycles. The van der Waals surface area contributed by atoms with Gasteiger partial charge in [-0.25, -0.2) is 0 Å². The molecular formula is C11H12ClNO2. The molecule has 1 N–H and O–H groups in total. The molecule has 15 heavy (non-hydrogen) atoms. The first-order valence-electron chi connectivity index (χ1n) is 4.86. The lowest BCUT2D eigenvalue weighted by Crippen LogP contribution is -2.26. The maximum Gasteiger partial charge on any atom is 0.225 e. The second kappa shape index (κ2) is 4.75. The molecular weight excluding hydrogens is 214 g/mol. The van der Waals surface area contributed by atoms with Crippen LogP contribution in [0.4, 0.5) is 0 Å². The van der Waals surface area contributed by atoms with Crippen LogP contribution in [0.5, 0.6) is 0 Å². The van der Waals surface area contributed by atoms with Crippen LogP contribution in [0.2, 0.25) is 0 Å². The summed E-state index contributed by atoms with van der Waals surface area (Å²) in [6.07, 6.45) is -0.0366. The van der Waals surface area contributed by atoms with Crippen molar-refractivity contribution in [2.75, 3.05) is 6.61 Å². The molecule has 2 unspecified atom stereocenters. The Labute approximate surface area is 93.4 Å². The second-order valence-corrected chi connectivity index (χ2v) is 3.93. The first-order valence-corrected chi connectivity index (χ1v) is 5.24. The molecule has 0 aromatic heterocycles. The SMILES string of the molecule is O=C(Cl)CC1NC(c2ccccc2)CO1. The topological polar surface area (TPSA) is 38.3 Å². The van der Waals surface area contributed by atoms with E-state index < -0.39 is 0 Å². The van der Waals surface area contributed by atoms with Crippen molar-refractivity contribution in [2.24, 2.45) is 0 Å². The first-order chi connectivity index (χ1) is 7.25. The van der Waals surface area contributed by atoms with Gasteiger partial charge in [-0.15, -0.1) is 0 Å². The predicted octanol–water partition coefficient (Wildman–Crippen LogP) is 1.83. The molecule has 1 aromatic rings. The third kappa shape index (κ3) is 2.78. The molecule has 1 fully saturated rings. The van der Waals surface area contributed by atoms with Gasteiger partial charge in [-0.05, 0) is 17.2 Å². The molecule has 0 spiro atoms. The van der Waals surface area contributed by atoms with E-state index in [0.29, 0.717) is 6.61 Å². The van der Waals surface area contributed by atoms with Gasteiger partial charge in [0, 0.05) is 0 Å². The van der Waals surface area contributed by atoms with Gasteiger partial charge in [0.2, 0.25) is 5.24 Å². The van der Waals surface area contributed by atoms with E-state index in [4.69, 9.17) is 16.3 Å². The van der Waals surface area contributed by atoms with E-state index in [0.717, 1.165) is 0 Å². The summed E-state index contributed by atoms with van der Waals surface area (Å²) in [6, 6.07) is 10.2. The Morgan fingerprint density at radius 3 is 2.87 bits per heavy atom. The van der Waals surface area contributed by atoms with E-state index in [9.17, 15) is 4.79 Å². The zero-order chi connectivity index (χ0) is 10.7. The third-order valence-electron chi connectivity index (χ3n) is 2.40. The van der Waals surface area contributed by atoms with E-state index in [1.54, 1.807) is 0 Å². The Bertz CT molecular complexity index is 342. The molecule has 1 aromatic carbocycles. The Kier molecular flexibility index (Phi) is 3.36. The number of hydrogen-bond acceptors (Lipinski definition) is 3. The quantitative estimate of drug-likeness (QED) is 0.798. The number of benzene rings is 1. The fraction of sp³-hybridized carbons (Fsp3) is 0.364. The molecule has 0 amide bonds. The molecule has 2 rings (SSSR count). The average molecular weight is 226 g/mol. The van der Waals surface area contributed by atoms with E-state index in [1.165, 1.54) is 5.56 Å². The fourth-order valence-corrected chi connectivity index (χ4v) is 1.81. The predicted molar refractivity (Wildman–Crippen MR) is 57.5 cm³/mol. The van der Waals surface area contributed by atoms with Crippen LogP contribution in [0.1, 0.15) is 18.0 Å². The molecule has 2 atom stereocenters. The summed E-state index contributed by atoms with van der Waals surface area (Å²) in [5.41, 5.74) is 1.17. The molecule has 4 heteroatoms. The normalized spacial score (nSPS) is 25.4. The zero-order valence-electron chi connectivity index (χ0n) is 8.15. The fourth-order valence-electron chi connectivity index (χ4n) is 1.67. The summed E-state index contributed by atoms with van der Waals surface area (Å²) in [7, 11) is 0. The van der Waals surface area contributed by atoms with Crippen molar-refractivity contribution in [1.29, 1.82) is 0 Å². The molecule has 0 bridgehead atoms. The maximum atomic E-state index is 10.7. The van der Waals surface area contributed by atoms with Gasteiger partial charge >= 0.3 is 0 Å². The van der Waals surface area contributed by atoms with Crippen molar-refractivity contribution in [3.8, 4) is 0 Å². The van der Waals surface area contributed by atoms with E-state index >= 15 is 0 Å². The van der Waals surface area contributed by atoms with Crippen molar-refractivity contribution in [3.05, 3.63) is 35.9 Å². The van der Waals surface area contributed by atoms with Crippen LogP contribution in [0.3, 0.4) is 0 Å². The highest BCUT2D eigenvalue weighted by atomic mass is 35.5. The molecule has 3 nitrogen and oxygen atoms in total. The van der Waals surface area contributed by atoms with Gasteiger partial charge in [0.05, 0.1) is 19.1 Å². The number of nitrogens with one attached hydrogen (secondary N) is 1. The summed E-state index contributed by atoms with van der Waals surface area (Å²) in [5.74, 6) is 0. The summed E-state index contributed by atoms with van der Waals surface area (Å²) >= 11 is 5.29. The number of ether oxygens (including phenoxy) is 1. The third-order valence-corrected chi connectivity index (χ3v) is 2.55. The van der Waals surface area contributed by atoms with E-state index in [-0.39, 0.29) is 23.9 Å². The van der Waals surface area contributed by atoms with Gasteiger partial charge in [0.25, 0.3) is 0 Å². The summed E-state index contributed by atoms with van der Waals surface area (Å²) in [4.78, 5) is 10.7. The highest BCUT2D eigenvalue weighted by Crippen LogP contribution is 2.21. The molecule has 1 aliphatic rings. The van der Waals surface area contributed by atoms with Crippen molar-refractivity contribution in [2.45, 2.75) is 18.7 Å². The number of rotatable bonds is 3. The number of carbonyl (C=O) groups excluding carboxylic acids is 1. The lowest BCUT2D eigenvalue weighted by Gasteiger charge is -2.10. The van der Waals surface area contributed by atoms with Crippen molar-refractivity contribution in [3.63, 3.8) is 0 Å². The summed E-state index contributed by atoms with van der Waals surface area (Å²) < 4.78 is 5.41. The summed E-state index contributed by atoms with van der Waals surface area (Å²) in [6.45, 7) is 0.582. The number of carbonyl (C=O) groups is 1. The molecule has 80 valence electrons. The highest BCUT2D eigenvalue weighted by molar-refractivity contribution is 6.63. The van der Waals surface area contributed by atoms with E-state index in [2.05, 4.69) is 5.32 Å². The highest BCUT2D eigenvalue weighted by Gasteiger charge is 2.26. The van der Waals surface area contributed by atoms with Crippen molar-refractivity contribution in [1.82, 2.24) is 5.32 Å². The molecule has 0 radical (unpaired) electrons. The molecule has 0 aliphatic carbocycles. The van der Waals surface area contributed by atoms with Crippen LogP contribution >= 0.6 is 11.6 Å². The Hall–Kier alpha value is -0.900. The second-order valence-electron chi connectivity index (χ2n) is 3.51. The lowest BCUT2D eigenvalue weighted by atomic mass is 10.1. The number of halogens is 1. The minimum atomic E-state index is -0.374. The van der Waals surface area contributed by atoms with Gasteiger partial charge in [-0.1, -0.05) is 30.3 Å². The first kappa shape index (κ1) is 10.6. The lowest BCUT2D eigenvalue weighted by molar-refractivity contribution is -0.113. The van der Waals surface area contributed by atoms with Crippen LogP contribution in [0.25, 0.3) is 0 Å². The molecule has 1 aliphatic heterocycles. The zero-order valence-corrected chi connectivity index (χ0v) is 8.91. The standard InChI is InChI=1S/C11H12ClNO2/c12-10(14)6-11-13-9(7-15-11)8-4-2-1-3-5-8/h1-5,9,11,13H,6-7H2. The number of hydrogen-bond donors (Lipinski definition) is 1. The van der Waals surface area contributed by atoms with E-state index in [1.807, 2.05) is 30.3 Å². The maximum absolute atomic E-state index is 10.7. The van der Waals surface area contributed by atoms with Gasteiger partial charge in [0.1, 0.15) is 6.23 Å². The average Bonchev–Trinajstić information content (AvgIpc) is 2.67. The van der Waals surface area contributed by atoms with Gasteiger partial charge in [-0.2, -0.15) is 0 Å².